The standard InChI is InChI=1S/C16H25NO/c17-16(9-12-7-8-18-11-12)15-6-5-13-3-1-2-4-14(13)10-15/h7-8,11,13-16H,1-6,9-10,17H2. The summed E-state index contributed by atoms with van der Waals surface area (Å²) >= 11 is 0. The summed E-state index contributed by atoms with van der Waals surface area (Å²) in [5.41, 5.74) is 7.68. The first-order chi connectivity index (χ1) is 8.83. The maximum Gasteiger partial charge on any atom is 0.0935 e. The quantitative estimate of drug-likeness (QED) is 0.883. The highest BCUT2D eigenvalue weighted by Crippen LogP contribution is 2.43. The molecular formula is C16H25NO. The smallest absolute Gasteiger partial charge is 0.0935 e. The maximum absolute atomic E-state index is 6.42. The molecule has 1 heterocycles. The van der Waals surface area contributed by atoms with Crippen LogP contribution in [0.2, 0.25) is 0 Å². The number of hydrogen-bond acceptors (Lipinski definition) is 2. The van der Waals surface area contributed by atoms with Gasteiger partial charge >= 0.3 is 0 Å². The molecule has 2 saturated carbocycles. The number of rotatable bonds is 3. The van der Waals surface area contributed by atoms with E-state index in [1.165, 1.54) is 50.5 Å². The van der Waals surface area contributed by atoms with E-state index in [1.54, 1.807) is 6.26 Å². The fourth-order valence-electron chi connectivity index (χ4n) is 4.15. The summed E-state index contributed by atoms with van der Waals surface area (Å²) in [4.78, 5) is 0. The third kappa shape index (κ3) is 2.64. The summed E-state index contributed by atoms with van der Waals surface area (Å²) in [6.07, 6.45) is 14.6. The van der Waals surface area contributed by atoms with Gasteiger partial charge in [-0.25, -0.2) is 0 Å². The van der Waals surface area contributed by atoms with Gasteiger partial charge in [0.2, 0.25) is 0 Å². The van der Waals surface area contributed by atoms with E-state index in [0.29, 0.717) is 6.04 Å². The molecule has 2 fully saturated rings. The highest BCUT2D eigenvalue weighted by Gasteiger charge is 2.34. The minimum Gasteiger partial charge on any atom is -0.472 e. The monoisotopic (exact) mass is 247 g/mol. The topological polar surface area (TPSA) is 39.2 Å². The SMILES string of the molecule is NC(Cc1ccoc1)C1CCC2CCCCC2C1. The molecule has 0 saturated heterocycles. The lowest BCUT2D eigenvalue weighted by Gasteiger charge is -2.41. The summed E-state index contributed by atoms with van der Waals surface area (Å²) in [6.45, 7) is 0. The number of furan rings is 1. The summed E-state index contributed by atoms with van der Waals surface area (Å²) in [7, 11) is 0. The van der Waals surface area contributed by atoms with Gasteiger partial charge in [-0.15, -0.1) is 0 Å². The lowest BCUT2D eigenvalue weighted by Crippen LogP contribution is -2.38. The Hall–Kier alpha value is -0.760. The van der Waals surface area contributed by atoms with Gasteiger partial charge in [0.1, 0.15) is 0 Å². The summed E-state index contributed by atoms with van der Waals surface area (Å²) in [5.74, 6) is 2.74. The minimum atomic E-state index is 0.325. The molecule has 0 amide bonds. The molecule has 4 atom stereocenters. The fraction of sp³-hybridized carbons (Fsp3) is 0.750. The Kier molecular flexibility index (Phi) is 3.74. The second kappa shape index (κ2) is 5.48. The van der Waals surface area contributed by atoms with Crippen LogP contribution >= 0.6 is 0 Å². The Morgan fingerprint density at radius 1 is 1.17 bits per heavy atom. The molecule has 1 aromatic rings. The molecule has 2 heteroatoms. The molecule has 1 aromatic heterocycles. The largest absolute Gasteiger partial charge is 0.472 e. The molecule has 2 N–H and O–H groups in total. The van der Waals surface area contributed by atoms with Crippen LogP contribution in [-0.2, 0) is 6.42 Å². The molecule has 2 aliphatic rings. The minimum absolute atomic E-state index is 0.325. The summed E-state index contributed by atoms with van der Waals surface area (Å²) in [6, 6.07) is 2.37. The molecule has 0 aliphatic heterocycles. The zero-order chi connectivity index (χ0) is 12.4. The zero-order valence-corrected chi connectivity index (χ0v) is 11.2. The van der Waals surface area contributed by atoms with Gasteiger partial charge in [0.15, 0.2) is 0 Å². The first-order valence-electron chi connectivity index (χ1n) is 7.59. The average molecular weight is 247 g/mol. The molecule has 4 unspecified atom stereocenters. The molecule has 0 radical (unpaired) electrons. The first-order valence-corrected chi connectivity index (χ1v) is 7.59. The number of hydrogen-bond donors (Lipinski definition) is 1. The van der Waals surface area contributed by atoms with Gasteiger partial charge in [-0.1, -0.05) is 25.7 Å². The van der Waals surface area contributed by atoms with E-state index in [9.17, 15) is 0 Å². The van der Waals surface area contributed by atoms with Crippen molar-refractivity contribution in [2.45, 2.75) is 57.4 Å². The van der Waals surface area contributed by atoms with E-state index in [0.717, 1.165) is 24.2 Å². The number of fused-ring (bicyclic) bond motifs is 1. The van der Waals surface area contributed by atoms with Crippen molar-refractivity contribution in [1.29, 1.82) is 0 Å². The number of nitrogens with two attached hydrogens (primary N) is 1. The van der Waals surface area contributed by atoms with Gasteiger partial charge in [0, 0.05) is 6.04 Å². The predicted octanol–water partition coefficient (Wildman–Crippen LogP) is 3.76. The van der Waals surface area contributed by atoms with Crippen LogP contribution in [0, 0.1) is 17.8 Å². The van der Waals surface area contributed by atoms with Crippen molar-refractivity contribution >= 4 is 0 Å². The van der Waals surface area contributed by atoms with E-state index in [-0.39, 0.29) is 0 Å². The van der Waals surface area contributed by atoms with E-state index >= 15 is 0 Å². The van der Waals surface area contributed by atoms with Crippen LogP contribution in [0.4, 0.5) is 0 Å². The van der Waals surface area contributed by atoms with E-state index in [4.69, 9.17) is 10.2 Å². The van der Waals surface area contributed by atoms with Gasteiger partial charge < -0.3 is 10.2 Å². The van der Waals surface area contributed by atoms with E-state index < -0.39 is 0 Å². The van der Waals surface area contributed by atoms with Gasteiger partial charge in [0.05, 0.1) is 12.5 Å². The highest BCUT2D eigenvalue weighted by atomic mass is 16.3. The fourth-order valence-corrected chi connectivity index (χ4v) is 4.15. The molecule has 0 spiro atoms. The lowest BCUT2D eigenvalue weighted by atomic mass is 9.66. The van der Waals surface area contributed by atoms with Crippen LogP contribution in [0.15, 0.2) is 23.0 Å². The Balaban J connectivity index is 1.56. The normalized spacial score (nSPS) is 33.9. The van der Waals surface area contributed by atoms with Crippen LogP contribution in [0.3, 0.4) is 0 Å². The molecule has 0 aromatic carbocycles. The highest BCUT2D eigenvalue weighted by molar-refractivity contribution is 5.08. The summed E-state index contributed by atoms with van der Waals surface area (Å²) < 4.78 is 5.13. The Morgan fingerprint density at radius 3 is 2.78 bits per heavy atom. The van der Waals surface area contributed by atoms with Gasteiger partial charge in [-0.05, 0) is 55.1 Å². The second-order valence-corrected chi connectivity index (χ2v) is 6.38. The Labute approximate surface area is 110 Å². The summed E-state index contributed by atoms with van der Waals surface area (Å²) in [5, 5.41) is 0. The molecule has 2 nitrogen and oxygen atoms in total. The zero-order valence-electron chi connectivity index (χ0n) is 11.2. The molecule has 3 rings (SSSR count). The molecule has 0 bridgehead atoms. The van der Waals surface area contributed by atoms with Crippen LogP contribution in [0.5, 0.6) is 0 Å². The van der Waals surface area contributed by atoms with Crippen molar-refractivity contribution in [3.8, 4) is 0 Å². The van der Waals surface area contributed by atoms with Gasteiger partial charge in [-0.3, -0.25) is 0 Å². The van der Waals surface area contributed by atoms with Crippen molar-refractivity contribution in [3.63, 3.8) is 0 Å². The van der Waals surface area contributed by atoms with Gasteiger partial charge in [-0.2, -0.15) is 0 Å². The van der Waals surface area contributed by atoms with Crippen molar-refractivity contribution in [1.82, 2.24) is 0 Å². The second-order valence-electron chi connectivity index (χ2n) is 6.38. The van der Waals surface area contributed by atoms with Crippen LogP contribution in [0.1, 0.15) is 50.5 Å². The third-order valence-corrected chi connectivity index (χ3v) is 5.24. The predicted molar refractivity (Wildman–Crippen MR) is 73.2 cm³/mol. The first kappa shape index (κ1) is 12.3. The molecular weight excluding hydrogens is 222 g/mol. The van der Waals surface area contributed by atoms with Crippen LogP contribution in [0.25, 0.3) is 0 Å². The van der Waals surface area contributed by atoms with Crippen LogP contribution in [-0.4, -0.2) is 6.04 Å². The van der Waals surface area contributed by atoms with E-state index in [1.807, 2.05) is 12.3 Å². The maximum atomic E-state index is 6.42. The van der Waals surface area contributed by atoms with Crippen molar-refractivity contribution in [2.75, 3.05) is 0 Å². The van der Waals surface area contributed by atoms with Crippen LogP contribution < -0.4 is 5.73 Å². The molecule has 2 aliphatic carbocycles. The average Bonchev–Trinajstić information content (AvgIpc) is 2.91. The third-order valence-electron chi connectivity index (χ3n) is 5.24. The molecule has 18 heavy (non-hydrogen) atoms. The lowest BCUT2D eigenvalue weighted by molar-refractivity contribution is 0.117. The van der Waals surface area contributed by atoms with Gasteiger partial charge in [0.25, 0.3) is 0 Å². The Bertz CT molecular complexity index is 359. The van der Waals surface area contributed by atoms with Crippen molar-refractivity contribution in [2.24, 2.45) is 23.5 Å². The Morgan fingerprint density at radius 2 is 2.00 bits per heavy atom. The van der Waals surface area contributed by atoms with E-state index in [2.05, 4.69) is 0 Å². The van der Waals surface area contributed by atoms with Crippen molar-refractivity contribution in [3.05, 3.63) is 24.2 Å². The van der Waals surface area contributed by atoms with Crippen molar-refractivity contribution < 1.29 is 4.42 Å². The molecule has 100 valence electrons.